The van der Waals surface area contributed by atoms with Gasteiger partial charge in [-0.05, 0) is 0 Å². The van der Waals surface area contributed by atoms with Gasteiger partial charge in [0, 0.05) is 9.52 Å². The zero-order valence-corrected chi connectivity index (χ0v) is 23.9. The molecule has 0 aliphatic rings. The standard InChI is InChI=1S/C13H9.C8H18Si.C5H5.2CH3.Hf/c1-3-7-12-10(5-1)9-11-6-2-4-8-13(11)12;1-3-5-7-9-8-6-4-2;1-2-4-5-3-1;;;/h1-9H;3-8H2,1-2H3;1-5H;2*1H3;/q-1;;3*-1;+4. The minimum absolute atomic E-state index is 0. The number of benzene rings is 2. The molecule has 0 heterocycles. The van der Waals surface area contributed by atoms with Crippen LogP contribution in [0.5, 0.6) is 0 Å². The molecule has 0 fully saturated rings. The predicted octanol–water partition coefficient (Wildman–Crippen LogP) is 9.14. The van der Waals surface area contributed by atoms with E-state index in [1.165, 1.54) is 68.8 Å². The number of fused-ring (bicyclic) bond motifs is 3. The van der Waals surface area contributed by atoms with E-state index < -0.39 is 0 Å². The van der Waals surface area contributed by atoms with Gasteiger partial charge in [0.1, 0.15) is 0 Å². The van der Waals surface area contributed by atoms with Crippen LogP contribution < -0.4 is 0 Å². The third-order valence-electron chi connectivity index (χ3n) is 4.49. The van der Waals surface area contributed by atoms with E-state index in [2.05, 4.69) is 68.4 Å². The van der Waals surface area contributed by atoms with Crippen molar-refractivity contribution in [2.45, 2.75) is 51.6 Å². The van der Waals surface area contributed by atoms with Gasteiger partial charge in [-0.15, -0.1) is 39.7 Å². The van der Waals surface area contributed by atoms with Gasteiger partial charge in [-0.25, -0.2) is 12.1 Å². The van der Waals surface area contributed by atoms with E-state index in [1.807, 2.05) is 30.3 Å². The maximum Gasteiger partial charge on any atom is 4.00 e. The molecule has 30 heavy (non-hydrogen) atoms. The van der Waals surface area contributed by atoms with Crippen molar-refractivity contribution in [3.63, 3.8) is 0 Å². The molecule has 2 radical (unpaired) electrons. The van der Waals surface area contributed by atoms with Crippen LogP contribution in [0.15, 0.2) is 84.9 Å². The molecule has 0 bridgehead atoms. The van der Waals surface area contributed by atoms with Crippen molar-refractivity contribution in [1.82, 2.24) is 0 Å². The summed E-state index contributed by atoms with van der Waals surface area (Å²) in [4.78, 5) is 0. The minimum atomic E-state index is 0. The topological polar surface area (TPSA) is 0 Å². The number of rotatable bonds is 6. The first-order chi connectivity index (χ1) is 13.4. The van der Waals surface area contributed by atoms with E-state index in [0.29, 0.717) is 0 Å². The quantitative estimate of drug-likeness (QED) is 0.121. The molecule has 0 nitrogen and oxygen atoms in total. The third-order valence-corrected chi connectivity index (χ3v) is 5.91. The van der Waals surface area contributed by atoms with E-state index in [4.69, 9.17) is 0 Å². The third kappa shape index (κ3) is 11.2. The van der Waals surface area contributed by atoms with Gasteiger partial charge in [-0.3, -0.25) is 0 Å². The Morgan fingerprint density at radius 3 is 1.47 bits per heavy atom. The second-order valence-corrected chi connectivity index (χ2v) is 8.24. The molecule has 0 aliphatic heterocycles. The van der Waals surface area contributed by atoms with Crippen molar-refractivity contribution in [2.75, 3.05) is 0 Å². The van der Waals surface area contributed by atoms with Gasteiger partial charge >= 0.3 is 25.8 Å². The first kappa shape index (κ1) is 30.9. The summed E-state index contributed by atoms with van der Waals surface area (Å²) in [5.74, 6) is 0. The van der Waals surface area contributed by atoms with Crippen molar-refractivity contribution in [2.24, 2.45) is 0 Å². The Morgan fingerprint density at radius 2 is 1.10 bits per heavy atom. The molecule has 4 rings (SSSR count). The molecule has 0 amide bonds. The van der Waals surface area contributed by atoms with Gasteiger partial charge in [0.25, 0.3) is 0 Å². The molecule has 0 unspecified atom stereocenters. The monoisotopic (exact) mass is 582 g/mol. The first-order valence-electron chi connectivity index (χ1n) is 10.3. The van der Waals surface area contributed by atoms with Gasteiger partial charge in [-0.2, -0.15) is 18.2 Å². The van der Waals surface area contributed by atoms with Crippen LogP contribution >= 0.6 is 0 Å². The van der Waals surface area contributed by atoms with Crippen molar-refractivity contribution in [3.05, 3.63) is 99.8 Å². The Labute approximate surface area is 207 Å². The Morgan fingerprint density at radius 1 is 0.667 bits per heavy atom. The Balaban J connectivity index is 0. The second kappa shape index (κ2) is 19.7. The zero-order valence-electron chi connectivity index (χ0n) is 19.3. The average molecular weight is 581 g/mol. The normalized spacial score (nSPS) is 9.13. The molecule has 158 valence electrons. The summed E-state index contributed by atoms with van der Waals surface area (Å²) < 4.78 is 0. The van der Waals surface area contributed by atoms with Gasteiger partial charge in [0.05, 0.1) is 0 Å². The zero-order chi connectivity index (χ0) is 19.2. The molecule has 0 aromatic heterocycles. The molecular formula is C28H38HfSi. The summed E-state index contributed by atoms with van der Waals surface area (Å²) in [6.45, 7) is 4.54. The summed E-state index contributed by atoms with van der Waals surface area (Å²) in [7, 11) is 1.25. The predicted molar refractivity (Wildman–Crippen MR) is 137 cm³/mol. The molecule has 0 spiro atoms. The van der Waals surface area contributed by atoms with E-state index in [-0.39, 0.29) is 40.7 Å². The van der Waals surface area contributed by atoms with Gasteiger partial charge in [-0.1, -0.05) is 88.0 Å². The summed E-state index contributed by atoms with van der Waals surface area (Å²) in [6, 6.07) is 32.2. The van der Waals surface area contributed by atoms with E-state index in [1.54, 1.807) is 0 Å². The Bertz CT molecular complexity index is 772. The molecule has 0 aliphatic carbocycles. The number of unbranched alkanes of at least 4 members (excludes halogenated alkanes) is 2. The largest absolute Gasteiger partial charge is 4.00 e. The summed E-state index contributed by atoms with van der Waals surface area (Å²) in [6.07, 6.45) is 5.64. The summed E-state index contributed by atoms with van der Waals surface area (Å²) >= 11 is 0. The summed E-state index contributed by atoms with van der Waals surface area (Å²) in [5, 5.41) is 5.39. The molecule has 0 atom stereocenters. The average Bonchev–Trinajstić information content (AvgIpc) is 3.40. The van der Waals surface area contributed by atoms with Crippen LogP contribution in [0.25, 0.3) is 21.5 Å². The Hall–Kier alpha value is -1.25. The van der Waals surface area contributed by atoms with Crippen molar-refractivity contribution in [3.8, 4) is 0 Å². The van der Waals surface area contributed by atoms with Crippen LogP contribution in [0.4, 0.5) is 0 Å². The van der Waals surface area contributed by atoms with Crippen molar-refractivity contribution in [1.29, 1.82) is 0 Å². The molecule has 2 heteroatoms. The maximum absolute atomic E-state index is 2.27. The number of hydrogen-bond donors (Lipinski definition) is 0. The van der Waals surface area contributed by atoms with Crippen LogP contribution in [-0.4, -0.2) is 9.52 Å². The molecule has 0 saturated carbocycles. The molecule has 0 N–H and O–H groups in total. The second-order valence-electron chi connectivity index (χ2n) is 6.74. The fourth-order valence-electron chi connectivity index (χ4n) is 2.95. The van der Waals surface area contributed by atoms with Gasteiger partial charge < -0.3 is 14.9 Å². The molecule has 4 aromatic rings. The first-order valence-corrected chi connectivity index (χ1v) is 11.7. The molecule has 4 aromatic carbocycles. The van der Waals surface area contributed by atoms with Crippen LogP contribution in [0.2, 0.25) is 12.1 Å². The Kier molecular flexibility index (Phi) is 20.3. The van der Waals surface area contributed by atoms with Crippen LogP contribution in [0.1, 0.15) is 39.5 Å². The van der Waals surface area contributed by atoms with Gasteiger partial charge in [0.2, 0.25) is 0 Å². The molecular weight excluding hydrogens is 543 g/mol. The smallest absolute Gasteiger partial charge is 0.358 e. The SMILES string of the molecule is CCCC[Si]CCCC.[CH3-].[CH3-].[Hf+4].c1cc[cH-]c1.c1ccc2c(c1)[cH-]c1ccccc12. The van der Waals surface area contributed by atoms with Crippen molar-refractivity contribution < 1.29 is 25.8 Å². The van der Waals surface area contributed by atoms with Crippen LogP contribution in [0.3, 0.4) is 0 Å². The van der Waals surface area contributed by atoms with Crippen LogP contribution in [0, 0.1) is 14.9 Å². The van der Waals surface area contributed by atoms with E-state index in [0.717, 1.165) is 0 Å². The minimum Gasteiger partial charge on any atom is -0.358 e. The van der Waals surface area contributed by atoms with Gasteiger partial charge in [0.15, 0.2) is 0 Å². The fourth-order valence-corrected chi connectivity index (χ4v) is 4.41. The molecule has 0 saturated heterocycles. The fraction of sp³-hybridized carbons (Fsp3) is 0.286. The summed E-state index contributed by atoms with van der Waals surface area (Å²) in [5.41, 5.74) is 0. The van der Waals surface area contributed by atoms with Crippen LogP contribution in [-0.2, 0) is 25.8 Å². The van der Waals surface area contributed by atoms with Crippen molar-refractivity contribution >= 4 is 31.1 Å². The van der Waals surface area contributed by atoms with E-state index >= 15 is 0 Å². The maximum atomic E-state index is 2.27. The van der Waals surface area contributed by atoms with E-state index in [9.17, 15) is 0 Å². The number of hydrogen-bond acceptors (Lipinski definition) is 0.